The Kier molecular flexibility index (Phi) is 7.87. The van der Waals surface area contributed by atoms with Gasteiger partial charge in [-0.1, -0.05) is 43.7 Å². The summed E-state index contributed by atoms with van der Waals surface area (Å²) in [7, 11) is 0. The number of thiocarbonyl (C=S) groups is 1. The molecular formula is C26H31N3O3S. The molecule has 0 bridgehead atoms. The van der Waals surface area contributed by atoms with Gasteiger partial charge in [-0.15, -0.1) is 0 Å². The number of hydrogen-bond donors (Lipinski definition) is 2. The molecule has 7 heteroatoms. The number of anilines is 1. The molecule has 0 radical (unpaired) electrons. The number of allylic oxidation sites excluding steroid dienone is 1. The first kappa shape index (κ1) is 24.5. The summed E-state index contributed by atoms with van der Waals surface area (Å²) in [6.45, 7) is 10.9. The maximum absolute atomic E-state index is 13.0. The lowest BCUT2D eigenvalue weighted by Crippen LogP contribution is -2.47. The van der Waals surface area contributed by atoms with Gasteiger partial charge in [0.1, 0.15) is 0 Å². The number of nitrogens with zero attached hydrogens (tertiary/aromatic N) is 1. The molecule has 0 spiro atoms. The predicted octanol–water partition coefficient (Wildman–Crippen LogP) is 4.97. The number of aryl methyl sites for hydroxylation is 1. The molecule has 3 rings (SSSR count). The van der Waals surface area contributed by atoms with E-state index in [2.05, 4.69) is 10.6 Å². The molecule has 1 atom stereocenters. The van der Waals surface area contributed by atoms with Gasteiger partial charge in [0, 0.05) is 23.5 Å². The second-order valence-corrected chi connectivity index (χ2v) is 8.95. The zero-order chi connectivity index (χ0) is 24.1. The van der Waals surface area contributed by atoms with E-state index in [4.69, 9.17) is 17.0 Å². The van der Waals surface area contributed by atoms with Crippen molar-refractivity contribution in [2.45, 2.75) is 40.7 Å². The third kappa shape index (κ3) is 5.79. The first-order valence-corrected chi connectivity index (χ1v) is 11.6. The fraction of sp³-hybridized carbons (Fsp3) is 0.346. The molecule has 2 aromatic carbocycles. The van der Waals surface area contributed by atoms with Crippen LogP contribution >= 0.6 is 12.2 Å². The summed E-state index contributed by atoms with van der Waals surface area (Å²) in [6, 6.07) is 14.4. The van der Waals surface area contributed by atoms with E-state index in [0.29, 0.717) is 35.1 Å². The van der Waals surface area contributed by atoms with E-state index < -0.39 is 6.04 Å². The van der Waals surface area contributed by atoms with Gasteiger partial charge in [0.25, 0.3) is 5.91 Å². The van der Waals surface area contributed by atoms with Crippen LogP contribution in [0.3, 0.4) is 0 Å². The third-order valence-corrected chi connectivity index (χ3v) is 5.83. The molecule has 0 saturated heterocycles. The molecule has 2 N–H and O–H groups in total. The fourth-order valence-corrected chi connectivity index (χ4v) is 4.05. The number of nitrogens with one attached hydrogen (secondary N) is 2. The average molecular weight is 466 g/mol. The van der Waals surface area contributed by atoms with Crippen molar-refractivity contribution in [2.75, 3.05) is 18.5 Å². The minimum absolute atomic E-state index is 0.174. The number of esters is 1. The number of amides is 1. The van der Waals surface area contributed by atoms with Crippen LogP contribution in [0, 0.1) is 12.8 Å². The van der Waals surface area contributed by atoms with Gasteiger partial charge in [-0.05, 0) is 68.7 Å². The molecule has 2 aromatic rings. The number of benzene rings is 2. The molecule has 174 valence electrons. The molecule has 0 aromatic heterocycles. The van der Waals surface area contributed by atoms with Crippen molar-refractivity contribution in [3.63, 3.8) is 0 Å². The summed E-state index contributed by atoms with van der Waals surface area (Å²) in [4.78, 5) is 27.4. The average Bonchev–Trinajstić information content (AvgIpc) is 2.78. The highest BCUT2D eigenvalue weighted by Gasteiger charge is 2.34. The van der Waals surface area contributed by atoms with E-state index in [1.165, 1.54) is 0 Å². The van der Waals surface area contributed by atoms with Crippen LogP contribution in [0.25, 0.3) is 0 Å². The Balaban J connectivity index is 1.84. The van der Waals surface area contributed by atoms with E-state index in [0.717, 1.165) is 16.8 Å². The Hall–Kier alpha value is -3.19. The summed E-state index contributed by atoms with van der Waals surface area (Å²) in [5, 5.41) is 6.76. The lowest BCUT2D eigenvalue weighted by atomic mass is 9.94. The Morgan fingerprint density at radius 3 is 2.30 bits per heavy atom. The maximum Gasteiger partial charge on any atom is 0.338 e. The smallest absolute Gasteiger partial charge is 0.338 e. The molecule has 1 aliphatic heterocycles. The molecule has 0 unspecified atom stereocenters. The molecule has 0 aliphatic carbocycles. The van der Waals surface area contributed by atoms with Crippen molar-refractivity contribution < 1.29 is 14.3 Å². The van der Waals surface area contributed by atoms with Crippen molar-refractivity contribution in [3.05, 3.63) is 76.5 Å². The highest BCUT2D eigenvalue weighted by Crippen LogP contribution is 2.32. The molecule has 0 fully saturated rings. The van der Waals surface area contributed by atoms with Crippen LogP contribution in [0.1, 0.15) is 55.2 Å². The molecule has 0 saturated carbocycles. The van der Waals surface area contributed by atoms with Crippen molar-refractivity contribution in [1.29, 1.82) is 0 Å². The van der Waals surface area contributed by atoms with Crippen LogP contribution in [0.2, 0.25) is 0 Å². The van der Waals surface area contributed by atoms with E-state index >= 15 is 0 Å². The monoisotopic (exact) mass is 465 g/mol. The van der Waals surface area contributed by atoms with Crippen LogP contribution in [0.15, 0.2) is 59.8 Å². The number of ether oxygens (including phenoxy) is 1. The van der Waals surface area contributed by atoms with Gasteiger partial charge in [0.05, 0.1) is 18.2 Å². The van der Waals surface area contributed by atoms with Gasteiger partial charge in [-0.3, -0.25) is 4.79 Å². The Labute approximate surface area is 201 Å². The molecule has 1 amide bonds. The first-order valence-electron chi connectivity index (χ1n) is 11.1. The van der Waals surface area contributed by atoms with E-state index in [1.807, 2.05) is 75.9 Å². The highest BCUT2D eigenvalue weighted by molar-refractivity contribution is 7.80. The summed E-state index contributed by atoms with van der Waals surface area (Å²) in [5.74, 6) is -0.284. The number of rotatable bonds is 7. The highest BCUT2D eigenvalue weighted by atomic mass is 32.1. The van der Waals surface area contributed by atoms with Gasteiger partial charge in [0.2, 0.25) is 0 Å². The number of carbonyl (C=O) groups excluding carboxylic acids is 2. The normalized spacial score (nSPS) is 16.0. The van der Waals surface area contributed by atoms with Gasteiger partial charge in [0.15, 0.2) is 5.11 Å². The fourth-order valence-electron chi connectivity index (χ4n) is 3.66. The van der Waals surface area contributed by atoms with Gasteiger partial charge < -0.3 is 20.3 Å². The third-order valence-electron chi connectivity index (χ3n) is 5.50. The van der Waals surface area contributed by atoms with Crippen LogP contribution in [-0.4, -0.2) is 35.0 Å². The first-order chi connectivity index (χ1) is 15.7. The van der Waals surface area contributed by atoms with Crippen LogP contribution in [0.5, 0.6) is 0 Å². The van der Waals surface area contributed by atoms with Gasteiger partial charge in [-0.2, -0.15) is 0 Å². The molecule has 1 aliphatic rings. The van der Waals surface area contributed by atoms with Crippen LogP contribution < -0.4 is 10.6 Å². The second-order valence-electron chi connectivity index (χ2n) is 8.56. The topological polar surface area (TPSA) is 70.7 Å². The summed E-state index contributed by atoms with van der Waals surface area (Å²) >= 11 is 5.54. The van der Waals surface area contributed by atoms with Gasteiger partial charge in [-0.25, -0.2) is 4.79 Å². The quantitative estimate of drug-likeness (QED) is 0.444. The van der Waals surface area contributed by atoms with E-state index in [1.54, 1.807) is 12.1 Å². The largest absolute Gasteiger partial charge is 0.462 e. The minimum atomic E-state index is -0.429. The maximum atomic E-state index is 13.0. The van der Waals surface area contributed by atoms with E-state index in [-0.39, 0.29) is 17.8 Å². The standard InChI is InChI=1S/C26H31N3O3S/c1-6-29-18(5)22(25(31)32-15-16(2)3)23(28-26(29)33)19-11-13-21(14-12-19)27-24(30)20-9-7-17(4)8-10-20/h7-14,16,23H,6,15H2,1-5H3,(H,27,30)(H,28,33)/t23-/m0/s1. The van der Waals surface area contributed by atoms with Crippen molar-refractivity contribution >= 4 is 34.9 Å². The predicted molar refractivity (Wildman–Crippen MR) is 135 cm³/mol. The molecular weight excluding hydrogens is 434 g/mol. The summed E-state index contributed by atoms with van der Waals surface area (Å²) < 4.78 is 5.56. The summed E-state index contributed by atoms with van der Waals surface area (Å²) in [5.41, 5.74) is 4.55. The summed E-state index contributed by atoms with van der Waals surface area (Å²) in [6.07, 6.45) is 0. The Morgan fingerprint density at radius 2 is 1.73 bits per heavy atom. The zero-order valence-corrected chi connectivity index (χ0v) is 20.6. The molecule has 33 heavy (non-hydrogen) atoms. The van der Waals surface area contributed by atoms with Crippen molar-refractivity contribution in [2.24, 2.45) is 5.92 Å². The van der Waals surface area contributed by atoms with Crippen LogP contribution in [0.4, 0.5) is 5.69 Å². The Bertz CT molecular complexity index is 1060. The number of hydrogen-bond acceptors (Lipinski definition) is 4. The van der Waals surface area contributed by atoms with Crippen LogP contribution in [-0.2, 0) is 9.53 Å². The second kappa shape index (κ2) is 10.6. The minimum Gasteiger partial charge on any atom is -0.462 e. The lowest BCUT2D eigenvalue weighted by molar-refractivity contribution is -0.140. The SMILES string of the molecule is CCN1C(=S)N[C@@H](c2ccc(NC(=O)c3ccc(C)cc3)cc2)C(C(=O)OCC(C)C)=C1C. The van der Waals surface area contributed by atoms with Crippen molar-refractivity contribution in [3.8, 4) is 0 Å². The molecule has 6 nitrogen and oxygen atoms in total. The molecule has 1 heterocycles. The van der Waals surface area contributed by atoms with Gasteiger partial charge >= 0.3 is 5.97 Å². The lowest BCUT2D eigenvalue weighted by Gasteiger charge is -2.37. The number of carbonyl (C=O) groups is 2. The Morgan fingerprint density at radius 1 is 1.09 bits per heavy atom. The van der Waals surface area contributed by atoms with E-state index in [9.17, 15) is 9.59 Å². The van der Waals surface area contributed by atoms with Crippen molar-refractivity contribution in [1.82, 2.24) is 10.2 Å². The zero-order valence-electron chi connectivity index (χ0n) is 19.8.